The molecule has 6 nitrogen and oxygen atoms in total. The van der Waals surface area contributed by atoms with Crippen LogP contribution in [-0.2, 0) is 11.2 Å². The van der Waals surface area contributed by atoms with Crippen molar-refractivity contribution in [3.8, 4) is 5.75 Å². The second kappa shape index (κ2) is 6.79. The van der Waals surface area contributed by atoms with Gasteiger partial charge in [-0.1, -0.05) is 11.2 Å². The van der Waals surface area contributed by atoms with Gasteiger partial charge in [0.2, 0.25) is 12.3 Å². The van der Waals surface area contributed by atoms with Crippen LogP contribution >= 0.6 is 0 Å². The first-order chi connectivity index (χ1) is 10.4. The number of esters is 1. The molecule has 0 saturated carbocycles. The highest BCUT2D eigenvalue weighted by atomic mass is 19.3. The number of alkyl halides is 2. The number of anilines is 1. The molecule has 1 N–H and O–H groups in total. The number of benzene rings is 1. The minimum Gasteiger partial charge on any atom is -0.427 e. The van der Waals surface area contributed by atoms with Crippen molar-refractivity contribution < 1.29 is 27.6 Å². The average Bonchev–Trinajstić information content (AvgIpc) is 2.84. The fourth-order valence-corrected chi connectivity index (χ4v) is 1.68. The van der Waals surface area contributed by atoms with Gasteiger partial charge in [0.25, 0.3) is 5.91 Å². The Morgan fingerprint density at radius 1 is 1.36 bits per heavy atom. The second-order valence-corrected chi connectivity index (χ2v) is 4.35. The van der Waals surface area contributed by atoms with Crippen LogP contribution in [-0.4, -0.2) is 23.5 Å². The minimum atomic E-state index is -2.55. The summed E-state index contributed by atoms with van der Waals surface area (Å²) in [5.74, 6) is -0.882. The third kappa shape index (κ3) is 4.37. The molecule has 2 rings (SSSR count). The lowest BCUT2D eigenvalue weighted by Crippen LogP contribution is -2.11. The zero-order valence-electron chi connectivity index (χ0n) is 11.5. The van der Waals surface area contributed by atoms with E-state index in [1.165, 1.54) is 37.3 Å². The van der Waals surface area contributed by atoms with Crippen molar-refractivity contribution in [3.63, 3.8) is 0 Å². The molecular weight excluding hydrogens is 298 g/mol. The summed E-state index contributed by atoms with van der Waals surface area (Å²) in [5, 5.41) is 5.80. The molecule has 1 amide bonds. The Morgan fingerprint density at radius 3 is 2.82 bits per heavy atom. The van der Waals surface area contributed by atoms with Crippen LogP contribution in [0.15, 0.2) is 34.9 Å². The van der Waals surface area contributed by atoms with E-state index in [0.29, 0.717) is 0 Å². The third-order valence-electron chi connectivity index (χ3n) is 2.52. The van der Waals surface area contributed by atoms with Crippen molar-refractivity contribution >= 4 is 17.8 Å². The average molecular weight is 310 g/mol. The van der Waals surface area contributed by atoms with Crippen LogP contribution in [0.5, 0.6) is 5.75 Å². The topological polar surface area (TPSA) is 81.4 Å². The van der Waals surface area contributed by atoms with E-state index in [1.54, 1.807) is 0 Å². The van der Waals surface area contributed by atoms with Crippen LogP contribution in [0.1, 0.15) is 23.0 Å². The Morgan fingerprint density at radius 2 is 2.14 bits per heavy atom. The number of hydrogen-bond acceptors (Lipinski definition) is 5. The summed E-state index contributed by atoms with van der Waals surface area (Å²) in [6.45, 7) is 1.24. The highest BCUT2D eigenvalue weighted by Crippen LogP contribution is 2.17. The first kappa shape index (κ1) is 15.6. The Bertz CT molecular complexity index is 685. The lowest BCUT2D eigenvalue weighted by Gasteiger charge is -2.04. The molecule has 0 unspecified atom stereocenters. The van der Waals surface area contributed by atoms with Crippen molar-refractivity contribution in [2.45, 2.75) is 19.8 Å². The third-order valence-corrected chi connectivity index (χ3v) is 2.52. The van der Waals surface area contributed by atoms with Gasteiger partial charge in [0.05, 0.1) is 12.1 Å². The van der Waals surface area contributed by atoms with E-state index in [-0.39, 0.29) is 22.9 Å². The van der Waals surface area contributed by atoms with Crippen molar-refractivity contribution in [2.75, 3.05) is 5.32 Å². The molecule has 0 bridgehead atoms. The molecule has 0 radical (unpaired) electrons. The Labute approximate surface area is 124 Å². The number of ether oxygens (including phenoxy) is 1. The Kier molecular flexibility index (Phi) is 4.82. The molecule has 0 aliphatic carbocycles. The van der Waals surface area contributed by atoms with Gasteiger partial charge in [-0.25, -0.2) is 8.78 Å². The van der Waals surface area contributed by atoms with Crippen molar-refractivity contribution in [2.24, 2.45) is 0 Å². The van der Waals surface area contributed by atoms with Crippen LogP contribution in [0, 0.1) is 0 Å². The van der Waals surface area contributed by atoms with E-state index in [2.05, 4.69) is 10.5 Å². The van der Waals surface area contributed by atoms with Gasteiger partial charge in [0.1, 0.15) is 5.75 Å². The number of rotatable bonds is 5. The minimum absolute atomic E-state index is 0.0407. The molecule has 0 saturated heterocycles. The van der Waals surface area contributed by atoms with E-state index in [0.717, 1.165) is 0 Å². The summed E-state index contributed by atoms with van der Waals surface area (Å²) in [7, 11) is 0. The van der Waals surface area contributed by atoms with Gasteiger partial charge in [-0.2, -0.15) is 0 Å². The van der Waals surface area contributed by atoms with Crippen LogP contribution in [0.3, 0.4) is 0 Å². The fraction of sp³-hybridized carbons (Fsp3) is 0.214. The van der Waals surface area contributed by atoms with Gasteiger partial charge in [-0.3, -0.25) is 14.9 Å². The maximum atomic E-state index is 12.2. The van der Waals surface area contributed by atoms with E-state index >= 15 is 0 Å². The zero-order chi connectivity index (χ0) is 16.1. The summed E-state index contributed by atoms with van der Waals surface area (Å²) in [5.41, 5.74) is 0.254. The van der Waals surface area contributed by atoms with Gasteiger partial charge >= 0.3 is 5.97 Å². The number of aromatic nitrogens is 1. The molecule has 1 aromatic carbocycles. The molecule has 22 heavy (non-hydrogen) atoms. The molecule has 8 heteroatoms. The zero-order valence-corrected chi connectivity index (χ0v) is 11.5. The lowest BCUT2D eigenvalue weighted by atomic mass is 10.2. The predicted molar refractivity (Wildman–Crippen MR) is 71.9 cm³/mol. The van der Waals surface area contributed by atoms with Crippen LogP contribution in [0.25, 0.3) is 0 Å². The molecule has 0 aliphatic heterocycles. The Balaban J connectivity index is 2.05. The lowest BCUT2D eigenvalue weighted by molar-refractivity contribution is -0.131. The summed E-state index contributed by atoms with van der Waals surface area (Å²) in [4.78, 5) is 22.9. The summed E-state index contributed by atoms with van der Waals surface area (Å²) in [6.07, 6.45) is -3.10. The van der Waals surface area contributed by atoms with Gasteiger partial charge in [-0.15, -0.1) is 0 Å². The molecular formula is C14H12F2N2O4. The van der Waals surface area contributed by atoms with Gasteiger partial charge in [0, 0.05) is 18.6 Å². The molecule has 0 aliphatic rings. The number of halogens is 2. The highest BCUT2D eigenvalue weighted by Gasteiger charge is 2.13. The molecule has 2 aromatic rings. The van der Waals surface area contributed by atoms with Crippen molar-refractivity contribution in [1.82, 2.24) is 5.16 Å². The van der Waals surface area contributed by atoms with Crippen LogP contribution < -0.4 is 10.1 Å². The maximum Gasteiger partial charge on any atom is 0.308 e. The van der Waals surface area contributed by atoms with Crippen LogP contribution in [0.4, 0.5) is 14.7 Å². The van der Waals surface area contributed by atoms with Gasteiger partial charge in [0.15, 0.2) is 0 Å². The first-order valence-corrected chi connectivity index (χ1v) is 6.27. The monoisotopic (exact) mass is 310 g/mol. The number of amides is 1. The number of carbonyl (C=O) groups is 2. The number of nitrogens with one attached hydrogen (secondary N) is 1. The van der Waals surface area contributed by atoms with Crippen molar-refractivity contribution in [1.29, 1.82) is 0 Å². The molecule has 116 valence electrons. The van der Waals surface area contributed by atoms with E-state index < -0.39 is 24.7 Å². The molecule has 0 atom stereocenters. The largest absolute Gasteiger partial charge is 0.427 e. The smallest absolute Gasteiger partial charge is 0.308 e. The normalized spacial score (nSPS) is 10.5. The quantitative estimate of drug-likeness (QED) is 0.678. The number of hydrogen-bond donors (Lipinski definition) is 1. The predicted octanol–water partition coefficient (Wildman–Crippen LogP) is 2.66. The van der Waals surface area contributed by atoms with Gasteiger partial charge in [-0.05, 0) is 18.2 Å². The van der Waals surface area contributed by atoms with E-state index in [9.17, 15) is 18.4 Å². The first-order valence-electron chi connectivity index (χ1n) is 6.27. The van der Waals surface area contributed by atoms with Crippen molar-refractivity contribution in [3.05, 3.63) is 41.6 Å². The fourth-order valence-electron chi connectivity index (χ4n) is 1.68. The summed E-state index contributed by atoms with van der Waals surface area (Å²) >= 11 is 0. The standard InChI is InChI=1S/C14H12F2N2O4/c1-8(19)21-11-4-2-3-9(5-11)14(20)17-13-7-10(18-22-13)6-12(15)16/h2-5,7,12H,6H2,1H3,(H,17,20). The SMILES string of the molecule is CC(=O)Oc1cccc(C(=O)Nc2cc(CC(F)F)no2)c1. The number of nitrogens with zero attached hydrogens (tertiary/aromatic N) is 1. The number of carbonyl (C=O) groups excluding carboxylic acids is 2. The Hall–Kier alpha value is -2.77. The van der Waals surface area contributed by atoms with Gasteiger partial charge < -0.3 is 9.26 Å². The second-order valence-electron chi connectivity index (χ2n) is 4.35. The van der Waals surface area contributed by atoms with Crippen LogP contribution in [0.2, 0.25) is 0 Å². The van der Waals surface area contributed by atoms with E-state index in [4.69, 9.17) is 9.26 Å². The molecule has 0 spiro atoms. The molecule has 0 fully saturated rings. The highest BCUT2D eigenvalue weighted by molar-refractivity contribution is 6.03. The maximum absolute atomic E-state index is 12.2. The molecule has 1 heterocycles. The molecule has 1 aromatic heterocycles. The summed E-state index contributed by atoms with van der Waals surface area (Å²) in [6, 6.07) is 7.15. The summed E-state index contributed by atoms with van der Waals surface area (Å²) < 4.78 is 34.0. The van der Waals surface area contributed by atoms with E-state index in [1.807, 2.05) is 0 Å².